The van der Waals surface area contributed by atoms with E-state index in [1.165, 1.54) is 12.1 Å². The summed E-state index contributed by atoms with van der Waals surface area (Å²) >= 11 is 0. The average molecular weight is 243 g/mol. The number of hydrogen-bond acceptors (Lipinski definition) is 2. The van der Waals surface area contributed by atoms with Crippen LogP contribution in [0.3, 0.4) is 0 Å². The lowest BCUT2D eigenvalue weighted by Crippen LogP contribution is -2.29. The third-order valence-electron chi connectivity index (χ3n) is 2.38. The summed E-state index contributed by atoms with van der Waals surface area (Å²) in [6, 6.07) is 3.94. The smallest absolute Gasteiger partial charge is 0.200 e. The van der Waals surface area contributed by atoms with Crippen molar-refractivity contribution in [2.45, 2.75) is 32.8 Å². The molecule has 4 heteroatoms. The standard InChI is InChI=1S/C13H19F2NO/c1-3-4-8-16-9-10(2)17-12-7-5-6-11(14)13(12)15/h5-7,10,16H,3-4,8-9H2,1-2H3. The molecule has 0 fully saturated rings. The van der Waals surface area contributed by atoms with E-state index in [1.807, 2.05) is 6.92 Å². The molecule has 0 saturated carbocycles. The van der Waals surface area contributed by atoms with Crippen molar-refractivity contribution >= 4 is 0 Å². The van der Waals surface area contributed by atoms with Crippen LogP contribution in [0.1, 0.15) is 26.7 Å². The van der Waals surface area contributed by atoms with Gasteiger partial charge in [-0.1, -0.05) is 19.4 Å². The lowest BCUT2D eigenvalue weighted by molar-refractivity contribution is 0.205. The van der Waals surface area contributed by atoms with Gasteiger partial charge in [-0.05, 0) is 32.0 Å². The highest BCUT2D eigenvalue weighted by Gasteiger charge is 2.11. The topological polar surface area (TPSA) is 21.3 Å². The summed E-state index contributed by atoms with van der Waals surface area (Å²) in [5.74, 6) is -1.84. The first-order valence-corrected chi connectivity index (χ1v) is 5.96. The number of benzene rings is 1. The molecular formula is C13H19F2NO. The third-order valence-corrected chi connectivity index (χ3v) is 2.38. The van der Waals surface area contributed by atoms with Crippen molar-refractivity contribution in [3.8, 4) is 5.75 Å². The van der Waals surface area contributed by atoms with Crippen LogP contribution in [0.5, 0.6) is 5.75 Å². The van der Waals surface area contributed by atoms with Gasteiger partial charge in [-0.3, -0.25) is 0 Å². The first-order valence-electron chi connectivity index (χ1n) is 5.96. The van der Waals surface area contributed by atoms with E-state index >= 15 is 0 Å². The Labute approximate surface area is 101 Å². The van der Waals surface area contributed by atoms with E-state index in [1.54, 1.807) is 0 Å². The molecule has 0 aromatic heterocycles. The predicted molar refractivity (Wildman–Crippen MR) is 64.2 cm³/mol. The van der Waals surface area contributed by atoms with Crippen LogP contribution in [0.2, 0.25) is 0 Å². The lowest BCUT2D eigenvalue weighted by atomic mass is 10.3. The SMILES string of the molecule is CCCCNCC(C)Oc1cccc(F)c1F. The zero-order chi connectivity index (χ0) is 12.7. The summed E-state index contributed by atoms with van der Waals surface area (Å²) in [4.78, 5) is 0. The summed E-state index contributed by atoms with van der Waals surface area (Å²) in [5, 5.41) is 3.20. The Bertz CT molecular complexity index is 344. The van der Waals surface area contributed by atoms with Crippen molar-refractivity contribution in [1.29, 1.82) is 0 Å². The van der Waals surface area contributed by atoms with Crippen LogP contribution in [-0.4, -0.2) is 19.2 Å². The highest BCUT2D eigenvalue weighted by molar-refractivity contribution is 5.25. The van der Waals surface area contributed by atoms with Gasteiger partial charge in [-0.2, -0.15) is 4.39 Å². The van der Waals surface area contributed by atoms with Crippen LogP contribution in [0, 0.1) is 11.6 Å². The monoisotopic (exact) mass is 243 g/mol. The van der Waals surface area contributed by atoms with Gasteiger partial charge >= 0.3 is 0 Å². The van der Waals surface area contributed by atoms with Gasteiger partial charge in [0.15, 0.2) is 11.6 Å². The molecule has 0 bridgehead atoms. The van der Waals surface area contributed by atoms with Crippen LogP contribution < -0.4 is 10.1 Å². The van der Waals surface area contributed by atoms with E-state index in [4.69, 9.17) is 4.74 Å². The Morgan fingerprint density at radius 3 is 2.82 bits per heavy atom. The fourth-order valence-electron chi connectivity index (χ4n) is 1.44. The van der Waals surface area contributed by atoms with Crippen LogP contribution >= 0.6 is 0 Å². The van der Waals surface area contributed by atoms with Crippen molar-refractivity contribution in [3.63, 3.8) is 0 Å². The maximum atomic E-state index is 13.3. The summed E-state index contributed by atoms with van der Waals surface area (Å²) < 4.78 is 31.5. The Kier molecular flexibility index (Phi) is 5.91. The minimum Gasteiger partial charge on any atom is -0.486 e. The predicted octanol–water partition coefficient (Wildman–Crippen LogP) is 3.12. The van der Waals surface area contributed by atoms with Crippen molar-refractivity contribution in [1.82, 2.24) is 5.32 Å². The van der Waals surface area contributed by atoms with Crippen LogP contribution in [-0.2, 0) is 0 Å². The van der Waals surface area contributed by atoms with Gasteiger partial charge in [-0.25, -0.2) is 4.39 Å². The molecule has 0 aliphatic heterocycles. The number of rotatable bonds is 7. The largest absolute Gasteiger partial charge is 0.486 e. The van der Waals surface area contributed by atoms with Gasteiger partial charge in [0.1, 0.15) is 6.10 Å². The van der Waals surface area contributed by atoms with Gasteiger partial charge in [0.25, 0.3) is 0 Å². The van der Waals surface area contributed by atoms with Gasteiger partial charge < -0.3 is 10.1 Å². The van der Waals surface area contributed by atoms with E-state index in [0.29, 0.717) is 6.54 Å². The molecule has 1 unspecified atom stereocenters. The second-order valence-electron chi connectivity index (χ2n) is 4.04. The summed E-state index contributed by atoms with van der Waals surface area (Å²) in [6.45, 7) is 5.47. The molecule has 0 saturated heterocycles. The highest BCUT2D eigenvalue weighted by Crippen LogP contribution is 2.20. The van der Waals surface area contributed by atoms with E-state index in [9.17, 15) is 8.78 Å². The van der Waals surface area contributed by atoms with Gasteiger partial charge in [0.2, 0.25) is 5.82 Å². The van der Waals surface area contributed by atoms with Crippen LogP contribution in [0.4, 0.5) is 8.78 Å². The Hall–Kier alpha value is -1.16. The molecule has 1 aromatic carbocycles. The zero-order valence-electron chi connectivity index (χ0n) is 10.3. The number of ether oxygens (including phenoxy) is 1. The first-order chi connectivity index (χ1) is 8.15. The highest BCUT2D eigenvalue weighted by atomic mass is 19.2. The maximum Gasteiger partial charge on any atom is 0.200 e. The average Bonchev–Trinajstić information content (AvgIpc) is 2.31. The van der Waals surface area contributed by atoms with Crippen molar-refractivity contribution in [2.24, 2.45) is 0 Å². The van der Waals surface area contributed by atoms with Gasteiger partial charge in [0, 0.05) is 6.54 Å². The third kappa shape index (κ3) is 4.69. The molecule has 1 atom stereocenters. The number of halogens is 2. The molecule has 0 radical (unpaired) electrons. The summed E-state index contributed by atoms with van der Waals surface area (Å²) in [6.07, 6.45) is 2.03. The van der Waals surface area contributed by atoms with Crippen LogP contribution in [0.15, 0.2) is 18.2 Å². The van der Waals surface area contributed by atoms with E-state index in [0.717, 1.165) is 25.5 Å². The number of unbranched alkanes of at least 4 members (excludes halogenated alkanes) is 1. The van der Waals surface area contributed by atoms with Crippen molar-refractivity contribution in [2.75, 3.05) is 13.1 Å². The fourth-order valence-corrected chi connectivity index (χ4v) is 1.44. The summed E-state index contributed by atoms with van der Waals surface area (Å²) in [5.41, 5.74) is 0. The molecule has 0 spiro atoms. The first kappa shape index (κ1) is 13.9. The van der Waals surface area contributed by atoms with Crippen molar-refractivity contribution < 1.29 is 13.5 Å². The van der Waals surface area contributed by atoms with Crippen LogP contribution in [0.25, 0.3) is 0 Å². The Morgan fingerprint density at radius 2 is 2.12 bits per heavy atom. The second kappa shape index (κ2) is 7.22. The Balaban J connectivity index is 2.39. The van der Waals surface area contributed by atoms with Gasteiger partial charge in [-0.15, -0.1) is 0 Å². The molecule has 1 rings (SSSR count). The molecule has 0 amide bonds. The van der Waals surface area contributed by atoms with E-state index in [-0.39, 0.29) is 11.9 Å². The molecule has 0 aliphatic carbocycles. The quantitative estimate of drug-likeness (QED) is 0.743. The molecule has 1 N–H and O–H groups in total. The fraction of sp³-hybridized carbons (Fsp3) is 0.538. The molecule has 96 valence electrons. The molecule has 2 nitrogen and oxygen atoms in total. The number of hydrogen-bond donors (Lipinski definition) is 1. The van der Waals surface area contributed by atoms with Gasteiger partial charge in [0.05, 0.1) is 0 Å². The second-order valence-corrected chi connectivity index (χ2v) is 4.04. The van der Waals surface area contributed by atoms with E-state index in [2.05, 4.69) is 12.2 Å². The molecule has 0 heterocycles. The molecule has 17 heavy (non-hydrogen) atoms. The molecular weight excluding hydrogens is 224 g/mol. The lowest BCUT2D eigenvalue weighted by Gasteiger charge is -2.15. The Morgan fingerprint density at radius 1 is 1.35 bits per heavy atom. The summed E-state index contributed by atoms with van der Waals surface area (Å²) in [7, 11) is 0. The zero-order valence-corrected chi connectivity index (χ0v) is 10.3. The minimum absolute atomic E-state index is 0.0326. The number of nitrogens with one attached hydrogen (secondary N) is 1. The normalized spacial score (nSPS) is 12.5. The molecule has 0 aliphatic rings. The van der Waals surface area contributed by atoms with Crippen molar-refractivity contribution in [3.05, 3.63) is 29.8 Å². The van der Waals surface area contributed by atoms with E-state index < -0.39 is 11.6 Å². The maximum absolute atomic E-state index is 13.3. The minimum atomic E-state index is -0.923. The molecule has 1 aromatic rings.